The van der Waals surface area contributed by atoms with Gasteiger partial charge in [-0.15, -0.1) is 0 Å². The number of benzene rings is 2. The molecule has 0 aliphatic heterocycles. The summed E-state index contributed by atoms with van der Waals surface area (Å²) in [5.41, 5.74) is 6.29. The number of nitrogens with zero attached hydrogens (tertiary/aromatic N) is 2. The van der Waals surface area contributed by atoms with E-state index in [-0.39, 0.29) is 18.1 Å². The van der Waals surface area contributed by atoms with Crippen LogP contribution in [-0.2, 0) is 11.2 Å². The van der Waals surface area contributed by atoms with E-state index < -0.39 is 0 Å². The second-order valence-electron chi connectivity index (χ2n) is 6.93. The molecular weight excluding hydrogens is 353 g/mol. The molecule has 0 fully saturated rings. The molecule has 2 aromatic heterocycles. The molecule has 0 radical (unpaired) electrons. The zero-order valence-corrected chi connectivity index (χ0v) is 15.7. The standard InChI is InChI=1S/C23H20FN3O/c1-15-5-8-18(21-14-27-11-3-4-16(2)23(27)26-21)13-20(15)25-22(28)12-17-6-9-19(24)10-7-17/h3-11,13-14H,12H2,1-2H3,(H,25,28). The van der Waals surface area contributed by atoms with E-state index in [0.29, 0.717) is 0 Å². The number of aromatic nitrogens is 2. The van der Waals surface area contributed by atoms with Gasteiger partial charge >= 0.3 is 0 Å². The summed E-state index contributed by atoms with van der Waals surface area (Å²) in [6.07, 6.45) is 4.15. The van der Waals surface area contributed by atoms with Crippen LogP contribution >= 0.6 is 0 Å². The average molecular weight is 373 g/mol. The number of halogens is 1. The second kappa shape index (κ2) is 7.27. The monoisotopic (exact) mass is 373 g/mol. The number of aryl methyl sites for hydroxylation is 2. The number of hydrogen-bond acceptors (Lipinski definition) is 2. The number of fused-ring (bicyclic) bond motifs is 1. The lowest BCUT2D eigenvalue weighted by atomic mass is 10.1. The van der Waals surface area contributed by atoms with Crippen LogP contribution in [-0.4, -0.2) is 15.3 Å². The molecule has 28 heavy (non-hydrogen) atoms. The zero-order valence-electron chi connectivity index (χ0n) is 15.7. The topological polar surface area (TPSA) is 46.4 Å². The van der Waals surface area contributed by atoms with Crippen LogP contribution in [0.2, 0.25) is 0 Å². The van der Waals surface area contributed by atoms with Crippen LogP contribution in [0.25, 0.3) is 16.9 Å². The lowest BCUT2D eigenvalue weighted by Gasteiger charge is -2.10. The SMILES string of the molecule is Cc1ccc(-c2cn3cccc(C)c3n2)cc1NC(=O)Cc1ccc(F)cc1. The highest BCUT2D eigenvalue weighted by Gasteiger charge is 2.11. The van der Waals surface area contributed by atoms with Crippen molar-refractivity contribution in [2.24, 2.45) is 0 Å². The highest BCUT2D eigenvalue weighted by atomic mass is 19.1. The molecule has 140 valence electrons. The van der Waals surface area contributed by atoms with E-state index in [0.717, 1.165) is 39.3 Å². The van der Waals surface area contributed by atoms with Crippen LogP contribution < -0.4 is 5.32 Å². The van der Waals surface area contributed by atoms with Gasteiger partial charge in [0.25, 0.3) is 0 Å². The Morgan fingerprint density at radius 1 is 1.07 bits per heavy atom. The molecular formula is C23H20FN3O. The van der Waals surface area contributed by atoms with E-state index in [1.807, 2.05) is 61.0 Å². The quantitative estimate of drug-likeness (QED) is 0.551. The highest BCUT2D eigenvalue weighted by Crippen LogP contribution is 2.26. The van der Waals surface area contributed by atoms with Crippen LogP contribution in [0.5, 0.6) is 0 Å². The van der Waals surface area contributed by atoms with Gasteiger partial charge in [-0.3, -0.25) is 4.79 Å². The van der Waals surface area contributed by atoms with Gasteiger partial charge in [-0.25, -0.2) is 9.37 Å². The van der Waals surface area contributed by atoms with Crippen molar-refractivity contribution in [1.82, 2.24) is 9.38 Å². The smallest absolute Gasteiger partial charge is 0.228 e. The van der Waals surface area contributed by atoms with Gasteiger partial charge in [0.2, 0.25) is 5.91 Å². The van der Waals surface area contributed by atoms with Crippen molar-refractivity contribution in [1.29, 1.82) is 0 Å². The van der Waals surface area contributed by atoms with E-state index in [1.54, 1.807) is 12.1 Å². The Balaban J connectivity index is 1.58. The summed E-state index contributed by atoms with van der Waals surface area (Å²) in [6, 6.07) is 15.9. The maximum Gasteiger partial charge on any atom is 0.228 e. The first-order valence-corrected chi connectivity index (χ1v) is 9.09. The number of rotatable bonds is 4. The molecule has 2 aromatic carbocycles. The normalized spacial score (nSPS) is 11.0. The largest absolute Gasteiger partial charge is 0.326 e. The minimum absolute atomic E-state index is 0.141. The third kappa shape index (κ3) is 3.64. The molecule has 0 saturated carbocycles. The first-order valence-electron chi connectivity index (χ1n) is 9.09. The Kier molecular flexibility index (Phi) is 4.65. The van der Waals surface area contributed by atoms with Gasteiger partial charge < -0.3 is 9.72 Å². The minimum Gasteiger partial charge on any atom is -0.326 e. The van der Waals surface area contributed by atoms with Gasteiger partial charge in [-0.2, -0.15) is 0 Å². The summed E-state index contributed by atoms with van der Waals surface area (Å²) in [6.45, 7) is 3.98. The first-order chi connectivity index (χ1) is 13.5. The fourth-order valence-corrected chi connectivity index (χ4v) is 3.19. The Morgan fingerprint density at radius 2 is 1.86 bits per heavy atom. The van der Waals surface area contributed by atoms with E-state index in [4.69, 9.17) is 4.98 Å². The van der Waals surface area contributed by atoms with Crippen LogP contribution in [0.1, 0.15) is 16.7 Å². The number of amides is 1. The van der Waals surface area contributed by atoms with Gasteiger partial charge in [0.05, 0.1) is 12.1 Å². The Bertz CT molecular complexity index is 1160. The van der Waals surface area contributed by atoms with Crippen LogP contribution in [0.3, 0.4) is 0 Å². The summed E-state index contributed by atoms with van der Waals surface area (Å²) in [5.74, 6) is -0.451. The van der Waals surface area contributed by atoms with Gasteiger partial charge in [-0.05, 0) is 54.8 Å². The molecule has 0 atom stereocenters. The molecule has 0 spiro atoms. The van der Waals surface area contributed by atoms with E-state index in [9.17, 15) is 9.18 Å². The third-order valence-corrected chi connectivity index (χ3v) is 4.76. The highest BCUT2D eigenvalue weighted by molar-refractivity contribution is 5.93. The molecule has 4 aromatic rings. The minimum atomic E-state index is -0.310. The van der Waals surface area contributed by atoms with Crippen LogP contribution in [0.15, 0.2) is 67.0 Å². The number of carbonyl (C=O) groups is 1. The van der Waals surface area contributed by atoms with Crippen LogP contribution in [0, 0.1) is 19.7 Å². The average Bonchev–Trinajstić information content (AvgIpc) is 3.11. The predicted octanol–water partition coefficient (Wildman–Crippen LogP) is 4.94. The van der Waals surface area contributed by atoms with Gasteiger partial charge in [0, 0.05) is 23.6 Å². The lowest BCUT2D eigenvalue weighted by Crippen LogP contribution is -2.15. The van der Waals surface area contributed by atoms with Crippen molar-refractivity contribution < 1.29 is 9.18 Å². The van der Waals surface area contributed by atoms with E-state index >= 15 is 0 Å². The van der Waals surface area contributed by atoms with Gasteiger partial charge in [0.1, 0.15) is 11.5 Å². The molecule has 0 saturated heterocycles. The van der Waals surface area contributed by atoms with Crippen molar-refractivity contribution in [3.05, 3.63) is 89.5 Å². The summed E-state index contributed by atoms with van der Waals surface area (Å²) in [5, 5.41) is 2.96. The number of pyridine rings is 1. The molecule has 4 nitrogen and oxygen atoms in total. The maximum absolute atomic E-state index is 13.0. The molecule has 1 amide bonds. The lowest BCUT2D eigenvalue weighted by molar-refractivity contribution is -0.115. The van der Waals surface area contributed by atoms with Crippen molar-refractivity contribution in [2.45, 2.75) is 20.3 Å². The van der Waals surface area contributed by atoms with Gasteiger partial charge in [-0.1, -0.05) is 30.3 Å². The Morgan fingerprint density at radius 3 is 2.61 bits per heavy atom. The number of hydrogen-bond donors (Lipinski definition) is 1. The molecule has 0 aliphatic carbocycles. The van der Waals surface area contributed by atoms with E-state index in [2.05, 4.69) is 5.32 Å². The maximum atomic E-state index is 13.0. The number of anilines is 1. The summed E-state index contributed by atoms with van der Waals surface area (Å²) >= 11 is 0. The molecule has 5 heteroatoms. The number of imidazole rings is 1. The number of nitrogens with one attached hydrogen (secondary N) is 1. The summed E-state index contributed by atoms with van der Waals surface area (Å²) in [4.78, 5) is 17.2. The van der Waals surface area contributed by atoms with Crippen molar-refractivity contribution >= 4 is 17.2 Å². The zero-order chi connectivity index (χ0) is 19.7. The van der Waals surface area contributed by atoms with E-state index in [1.165, 1.54) is 12.1 Å². The Hall–Kier alpha value is -3.47. The van der Waals surface area contributed by atoms with Crippen LogP contribution in [0.4, 0.5) is 10.1 Å². The first kappa shape index (κ1) is 17.9. The van der Waals surface area contributed by atoms with Crippen molar-refractivity contribution in [3.63, 3.8) is 0 Å². The molecule has 4 rings (SSSR count). The molecule has 0 aliphatic rings. The third-order valence-electron chi connectivity index (χ3n) is 4.76. The molecule has 0 unspecified atom stereocenters. The van der Waals surface area contributed by atoms with Gasteiger partial charge in [0.15, 0.2) is 0 Å². The van der Waals surface area contributed by atoms with Crippen molar-refractivity contribution in [3.8, 4) is 11.3 Å². The Labute approximate surface area is 162 Å². The second-order valence-corrected chi connectivity index (χ2v) is 6.93. The number of carbonyl (C=O) groups excluding carboxylic acids is 1. The predicted molar refractivity (Wildman–Crippen MR) is 109 cm³/mol. The molecule has 1 N–H and O–H groups in total. The fraction of sp³-hybridized carbons (Fsp3) is 0.130. The summed E-state index contributed by atoms with van der Waals surface area (Å²) in [7, 11) is 0. The van der Waals surface area contributed by atoms with Crippen molar-refractivity contribution in [2.75, 3.05) is 5.32 Å². The fourth-order valence-electron chi connectivity index (χ4n) is 3.19. The summed E-state index contributed by atoms with van der Waals surface area (Å²) < 4.78 is 15.0. The molecule has 0 bridgehead atoms. The molecule has 2 heterocycles.